The Hall–Kier alpha value is -7.34. The molecule has 4 aromatic heterocycles. The van der Waals surface area contributed by atoms with E-state index in [1.807, 2.05) is 11.3 Å². The summed E-state index contributed by atoms with van der Waals surface area (Å²) in [6.45, 7) is 0. The van der Waals surface area contributed by atoms with Crippen LogP contribution in [0, 0.1) is 0 Å². The van der Waals surface area contributed by atoms with Crippen LogP contribution < -0.4 is 0 Å². The Kier molecular flexibility index (Phi) is 6.29. The first kappa shape index (κ1) is 30.9. The second kappa shape index (κ2) is 11.6. The lowest BCUT2D eigenvalue weighted by Crippen LogP contribution is -2.03. The minimum absolute atomic E-state index is 0.660. The van der Waals surface area contributed by atoms with E-state index in [9.17, 15) is 0 Å². The van der Waals surface area contributed by atoms with Gasteiger partial charge in [0.1, 0.15) is 0 Å². The van der Waals surface area contributed by atoms with Gasteiger partial charge in [-0.1, -0.05) is 127 Å². The number of thiophene rings is 1. The molecular weight excluding hydrogens is 713 g/mol. The third kappa shape index (κ3) is 4.37. The predicted molar refractivity (Wildman–Crippen MR) is 242 cm³/mol. The third-order valence-corrected chi connectivity index (χ3v) is 13.1. The van der Waals surface area contributed by atoms with Crippen molar-refractivity contribution in [3.05, 3.63) is 182 Å². The number of benzene rings is 9. The molecule has 0 saturated heterocycles. The van der Waals surface area contributed by atoms with Gasteiger partial charge in [-0.3, -0.25) is 4.57 Å². The van der Waals surface area contributed by atoms with Gasteiger partial charge < -0.3 is 4.57 Å². The number of fused-ring (bicyclic) bond motifs is 13. The van der Waals surface area contributed by atoms with Crippen LogP contribution in [0.15, 0.2) is 182 Å². The van der Waals surface area contributed by atoms with Crippen LogP contribution in [0.1, 0.15) is 0 Å². The molecule has 13 aromatic rings. The molecule has 0 bridgehead atoms. The lowest BCUT2D eigenvalue weighted by Gasteiger charge is -2.13. The molecule has 0 aliphatic carbocycles. The van der Waals surface area contributed by atoms with Gasteiger partial charge in [0, 0.05) is 58.4 Å². The average molecular weight is 743 g/mol. The molecule has 0 saturated carbocycles. The molecule has 0 unspecified atom stereocenters. The highest BCUT2D eigenvalue weighted by Gasteiger charge is 2.22. The molecule has 264 valence electrons. The monoisotopic (exact) mass is 742 g/mol. The van der Waals surface area contributed by atoms with Crippen LogP contribution in [-0.4, -0.2) is 19.1 Å². The van der Waals surface area contributed by atoms with Crippen LogP contribution >= 0.6 is 11.3 Å². The van der Waals surface area contributed by atoms with E-state index < -0.39 is 0 Å². The molecule has 0 radical (unpaired) electrons. The Morgan fingerprint density at radius 1 is 0.386 bits per heavy atom. The van der Waals surface area contributed by atoms with Gasteiger partial charge in [0.05, 0.1) is 33.3 Å². The van der Waals surface area contributed by atoms with E-state index in [0.29, 0.717) is 5.95 Å². The molecule has 0 amide bonds. The van der Waals surface area contributed by atoms with E-state index in [1.54, 1.807) is 0 Å². The van der Waals surface area contributed by atoms with Crippen LogP contribution in [0.3, 0.4) is 0 Å². The largest absolute Gasteiger partial charge is 0.309 e. The fourth-order valence-corrected chi connectivity index (χ4v) is 10.6. The highest BCUT2D eigenvalue weighted by Crippen LogP contribution is 2.43. The summed E-state index contributed by atoms with van der Waals surface area (Å²) in [6.07, 6.45) is 0. The zero-order valence-electron chi connectivity index (χ0n) is 30.5. The SMILES string of the molecule is c1ccc2cc3c(cc2c1)c1ccccc1n3-c1ccc2c(c1)c1c3ccccc3ccc1n2-c1nc(-c2cccc3c2sc2ccccc23)c2ccccc2n1. The van der Waals surface area contributed by atoms with Gasteiger partial charge in [-0.25, -0.2) is 9.97 Å². The van der Waals surface area contributed by atoms with E-state index in [-0.39, 0.29) is 0 Å². The molecule has 0 atom stereocenters. The van der Waals surface area contributed by atoms with Crippen LogP contribution in [-0.2, 0) is 0 Å². The first-order valence-corrected chi connectivity index (χ1v) is 20.1. The fraction of sp³-hybridized carbons (Fsp3) is 0. The van der Waals surface area contributed by atoms with Gasteiger partial charge in [-0.05, 0) is 76.1 Å². The Labute approximate surface area is 330 Å². The number of hydrogen-bond acceptors (Lipinski definition) is 3. The zero-order valence-corrected chi connectivity index (χ0v) is 31.3. The zero-order chi connectivity index (χ0) is 37.2. The lowest BCUT2D eigenvalue weighted by atomic mass is 10.0. The molecule has 0 aliphatic heterocycles. The van der Waals surface area contributed by atoms with Gasteiger partial charge in [-0.15, -0.1) is 11.3 Å². The van der Waals surface area contributed by atoms with Crippen LogP contribution in [0.4, 0.5) is 0 Å². The Balaban J connectivity index is 1.12. The van der Waals surface area contributed by atoms with E-state index in [0.717, 1.165) is 44.3 Å². The number of aromatic nitrogens is 4. The van der Waals surface area contributed by atoms with Crippen LogP contribution in [0.5, 0.6) is 0 Å². The van der Waals surface area contributed by atoms with E-state index in [2.05, 4.69) is 191 Å². The van der Waals surface area contributed by atoms with E-state index >= 15 is 0 Å². The topological polar surface area (TPSA) is 35.6 Å². The molecule has 0 aliphatic rings. The first-order chi connectivity index (χ1) is 28.3. The second-order valence-corrected chi connectivity index (χ2v) is 16.0. The smallest absolute Gasteiger partial charge is 0.235 e. The van der Waals surface area contributed by atoms with Crippen LogP contribution in [0.2, 0.25) is 0 Å². The quantitative estimate of drug-likeness (QED) is 0.181. The number of para-hydroxylation sites is 2. The van der Waals surface area contributed by atoms with Crippen molar-refractivity contribution in [2.24, 2.45) is 0 Å². The van der Waals surface area contributed by atoms with Crippen LogP contribution in [0.25, 0.3) is 119 Å². The molecule has 0 fully saturated rings. The van der Waals surface area contributed by atoms with Crippen molar-refractivity contribution >= 4 is 108 Å². The lowest BCUT2D eigenvalue weighted by molar-refractivity contribution is 1.01. The van der Waals surface area contributed by atoms with Crippen molar-refractivity contribution in [1.82, 2.24) is 19.1 Å². The standard InChI is InChI=1S/C52H30N4S/c1-2-14-33-29-47-41(28-32(33)13-1)36-16-6-9-22-44(36)55(47)34-25-27-45-42(30-34)49-35-15-4-3-12-31(35)24-26-46(49)56(45)52-53-43-21-8-5-18-39(43)50(54-52)40-20-11-19-38-37-17-7-10-23-48(37)57-51(38)40/h1-30H. The summed E-state index contributed by atoms with van der Waals surface area (Å²) < 4.78 is 7.23. The summed E-state index contributed by atoms with van der Waals surface area (Å²) in [6, 6.07) is 65.9. The minimum Gasteiger partial charge on any atom is -0.309 e. The summed E-state index contributed by atoms with van der Waals surface area (Å²) in [7, 11) is 0. The normalized spacial score (nSPS) is 12.2. The van der Waals surface area contributed by atoms with Crippen molar-refractivity contribution in [3.63, 3.8) is 0 Å². The molecule has 0 spiro atoms. The highest BCUT2D eigenvalue weighted by atomic mass is 32.1. The number of rotatable bonds is 3. The summed E-state index contributed by atoms with van der Waals surface area (Å²) in [4.78, 5) is 10.9. The maximum absolute atomic E-state index is 5.55. The summed E-state index contributed by atoms with van der Waals surface area (Å²) in [5.74, 6) is 0.660. The molecular formula is C52H30N4S. The Morgan fingerprint density at radius 2 is 1.07 bits per heavy atom. The predicted octanol–water partition coefficient (Wildman–Crippen LogP) is 14.2. The summed E-state index contributed by atoms with van der Waals surface area (Å²) >= 11 is 1.83. The van der Waals surface area contributed by atoms with Gasteiger partial charge in [-0.2, -0.15) is 0 Å². The van der Waals surface area contributed by atoms with E-state index in [4.69, 9.17) is 9.97 Å². The van der Waals surface area contributed by atoms with Crippen molar-refractivity contribution in [3.8, 4) is 22.9 Å². The minimum atomic E-state index is 0.660. The average Bonchev–Trinajstić information content (AvgIpc) is 3.92. The maximum Gasteiger partial charge on any atom is 0.235 e. The number of nitrogens with zero attached hydrogens (tertiary/aromatic N) is 4. The fourth-order valence-electron chi connectivity index (χ4n) is 9.37. The highest BCUT2D eigenvalue weighted by molar-refractivity contribution is 7.26. The Morgan fingerprint density at radius 3 is 1.96 bits per heavy atom. The summed E-state index contributed by atoms with van der Waals surface area (Å²) in [5, 5.41) is 13.3. The molecule has 4 nitrogen and oxygen atoms in total. The van der Waals surface area contributed by atoms with Crippen molar-refractivity contribution in [2.45, 2.75) is 0 Å². The molecule has 4 heterocycles. The van der Waals surface area contributed by atoms with Crippen molar-refractivity contribution < 1.29 is 0 Å². The maximum atomic E-state index is 5.55. The molecule has 13 rings (SSSR count). The number of hydrogen-bond donors (Lipinski definition) is 0. The van der Waals surface area contributed by atoms with Crippen molar-refractivity contribution in [2.75, 3.05) is 0 Å². The summed E-state index contributed by atoms with van der Waals surface area (Å²) in [5.41, 5.74) is 8.63. The van der Waals surface area contributed by atoms with Gasteiger partial charge >= 0.3 is 0 Å². The van der Waals surface area contributed by atoms with Gasteiger partial charge in [0.2, 0.25) is 5.95 Å². The molecule has 57 heavy (non-hydrogen) atoms. The van der Waals surface area contributed by atoms with Gasteiger partial charge in [0.15, 0.2) is 0 Å². The molecule has 9 aromatic carbocycles. The van der Waals surface area contributed by atoms with Gasteiger partial charge in [0.25, 0.3) is 0 Å². The Bertz CT molecular complexity index is 3830. The second-order valence-electron chi connectivity index (χ2n) is 15.0. The third-order valence-electron chi connectivity index (χ3n) is 11.9. The molecule has 0 N–H and O–H groups in total. The van der Waals surface area contributed by atoms with Crippen molar-refractivity contribution in [1.29, 1.82) is 0 Å². The first-order valence-electron chi connectivity index (χ1n) is 19.3. The molecule has 5 heteroatoms. The van der Waals surface area contributed by atoms with E-state index in [1.165, 1.54) is 68.9 Å².